The number of carbonyl (C=O) groups excluding carboxylic acids is 2. The molecule has 6 heteroatoms. The van der Waals surface area contributed by atoms with Crippen molar-refractivity contribution in [3.63, 3.8) is 0 Å². The van der Waals surface area contributed by atoms with E-state index in [9.17, 15) is 9.59 Å². The summed E-state index contributed by atoms with van der Waals surface area (Å²) in [5, 5.41) is 6.76. The average molecular weight is 380 g/mol. The number of carbonyl (C=O) groups is 2. The molecule has 0 atom stereocenters. The van der Waals surface area contributed by atoms with E-state index in [-0.39, 0.29) is 24.3 Å². The number of hydrogen-bond acceptors (Lipinski definition) is 3. The monoisotopic (exact) mass is 379 g/mol. The third kappa shape index (κ3) is 5.78. The topological polar surface area (TPSA) is 70.6 Å². The number of halogens is 1. The van der Waals surface area contributed by atoms with Crippen LogP contribution in [0.4, 0.5) is 0 Å². The highest BCUT2D eigenvalue weighted by Crippen LogP contribution is 2.23. The molecule has 0 aromatic heterocycles. The molecule has 0 saturated heterocycles. The van der Waals surface area contributed by atoms with Gasteiger partial charge >= 0.3 is 0 Å². The number of amides is 2. The third-order valence-electron chi connectivity index (χ3n) is 4.01. The predicted molar refractivity (Wildman–Crippen MR) is 94.1 cm³/mol. The van der Waals surface area contributed by atoms with E-state index in [0.29, 0.717) is 5.71 Å². The first-order valence-electron chi connectivity index (χ1n) is 7.93. The van der Waals surface area contributed by atoms with E-state index in [1.54, 1.807) is 0 Å². The summed E-state index contributed by atoms with van der Waals surface area (Å²) >= 11 is 3.37. The first-order chi connectivity index (χ1) is 11.1. The Morgan fingerprint density at radius 1 is 1.17 bits per heavy atom. The molecule has 5 nitrogen and oxygen atoms in total. The molecule has 0 aliphatic heterocycles. The summed E-state index contributed by atoms with van der Waals surface area (Å²) in [6.45, 7) is 1.79. The molecule has 0 bridgehead atoms. The van der Waals surface area contributed by atoms with Crippen molar-refractivity contribution in [2.45, 2.75) is 39.0 Å². The van der Waals surface area contributed by atoms with Crippen LogP contribution in [0.25, 0.3) is 0 Å². The van der Waals surface area contributed by atoms with Crippen LogP contribution >= 0.6 is 15.9 Å². The summed E-state index contributed by atoms with van der Waals surface area (Å²) in [7, 11) is 0. The van der Waals surface area contributed by atoms with Crippen molar-refractivity contribution in [3.05, 3.63) is 34.3 Å². The van der Waals surface area contributed by atoms with Gasteiger partial charge < -0.3 is 5.32 Å². The summed E-state index contributed by atoms with van der Waals surface area (Å²) in [6.07, 6.45) is 5.25. The van der Waals surface area contributed by atoms with Gasteiger partial charge in [0.05, 0.1) is 12.3 Å². The van der Waals surface area contributed by atoms with E-state index in [1.807, 2.05) is 31.2 Å². The van der Waals surface area contributed by atoms with Crippen molar-refractivity contribution >= 4 is 33.5 Å². The van der Waals surface area contributed by atoms with Crippen LogP contribution in [0.15, 0.2) is 33.8 Å². The first-order valence-corrected chi connectivity index (χ1v) is 8.72. The van der Waals surface area contributed by atoms with Gasteiger partial charge in [0.1, 0.15) is 0 Å². The van der Waals surface area contributed by atoms with Crippen LogP contribution in [0.2, 0.25) is 0 Å². The summed E-state index contributed by atoms with van der Waals surface area (Å²) < 4.78 is 0.989. The molecule has 1 aromatic rings. The highest BCUT2D eigenvalue weighted by molar-refractivity contribution is 9.10. The molecule has 23 heavy (non-hydrogen) atoms. The highest BCUT2D eigenvalue weighted by Gasteiger charge is 2.21. The van der Waals surface area contributed by atoms with Gasteiger partial charge in [0.15, 0.2) is 0 Å². The second-order valence-corrected chi connectivity index (χ2v) is 6.71. The maximum Gasteiger partial charge on any atom is 0.259 e. The highest BCUT2D eigenvalue weighted by atomic mass is 79.9. The minimum atomic E-state index is -0.314. The van der Waals surface area contributed by atoms with Crippen LogP contribution in [0.5, 0.6) is 0 Å². The molecule has 0 unspecified atom stereocenters. The molecular weight excluding hydrogens is 358 g/mol. The molecule has 1 aliphatic carbocycles. The largest absolute Gasteiger partial charge is 0.347 e. The molecule has 1 saturated carbocycles. The zero-order valence-corrected chi connectivity index (χ0v) is 14.9. The lowest BCUT2D eigenvalue weighted by atomic mass is 9.89. The molecule has 0 heterocycles. The molecule has 2 rings (SSSR count). The fourth-order valence-electron chi connectivity index (χ4n) is 2.62. The van der Waals surface area contributed by atoms with Crippen molar-refractivity contribution < 1.29 is 9.59 Å². The Labute approximate surface area is 145 Å². The van der Waals surface area contributed by atoms with Gasteiger partial charge in [-0.2, -0.15) is 5.10 Å². The molecule has 1 aromatic carbocycles. The quantitative estimate of drug-likeness (QED) is 0.609. The minimum absolute atomic E-state index is 0.0199. The van der Waals surface area contributed by atoms with Gasteiger partial charge in [0.2, 0.25) is 5.91 Å². The molecular formula is C17H22BrN3O2. The predicted octanol–water partition coefficient (Wildman–Crippen LogP) is 2.99. The van der Waals surface area contributed by atoms with Gasteiger partial charge in [0.25, 0.3) is 5.91 Å². The number of hydrogen-bond donors (Lipinski definition) is 2. The Morgan fingerprint density at radius 2 is 1.83 bits per heavy atom. The lowest BCUT2D eigenvalue weighted by Gasteiger charge is -2.20. The van der Waals surface area contributed by atoms with Gasteiger partial charge in [-0.1, -0.05) is 47.3 Å². The fraction of sp³-hybridized carbons (Fsp3) is 0.471. The van der Waals surface area contributed by atoms with Crippen molar-refractivity contribution in [2.75, 3.05) is 6.54 Å². The van der Waals surface area contributed by atoms with Crippen LogP contribution < -0.4 is 10.7 Å². The van der Waals surface area contributed by atoms with E-state index in [4.69, 9.17) is 0 Å². The average Bonchev–Trinajstić information content (AvgIpc) is 2.59. The Balaban J connectivity index is 1.76. The van der Waals surface area contributed by atoms with Crippen molar-refractivity contribution in [2.24, 2.45) is 11.0 Å². The number of hydrazone groups is 1. The van der Waals surface area contributed by atoms with Crippen LogP contribution in [-0.4, -0.2) is 24.1 Å². The van der Waals surface area contributed by atoms with Gasteiger partial charge in [-0.15, -0.1) is 0 Å². The normalized spacial score (nSPS) is 16.0. The summed E-state index contributed by atoms with van der Waals surface area (Å²) in [5.74, 6) is -0.274. The maximum atomic E-state index is 12.0. The van der Waals surface area contributed by atoms with E-state index < -0.39 is 0 Å². The molecule has 124 valence electrons. The number of nitrogens with zero attached hydrogens (tertiary/aromatic N) is 1. The van der Waals surface area contributed by atoms with Crippen LogP contribution in [0.3, 0.4) is 0 Å². The molecule has 1 fully saturated rings. The van der Waals surface area contributed by atoms with Crippen LogP contribution in [0, 0.1) is 5.92 Å². The smallest absolute Gasteiger partial charge is 0.259 e. The SMILES string of the molecule is C/C(=N\NC(=O)CNC(=O)C1CCCCC1)c1ccc(Br)cc1. The van der Waals surface area contributed by atoms with Crippen LogP contribution in [-0.2, 0) is 9.59 Å². The van der Waals surface area contributed by atoms with Crippen molar-refractivity contribution in [3.8, 4) is 0 Å². The molecule has 0 spiro atoms. The summed E-state index contributed by atoms with van der Waals surface area (Å²) in [4.78, 5) is 23.7. The standard InChI is InChI=1S/C17H22BrN3O2/c1-12(13-7-9-15(18)10-8-13)20-21-16(22)11-19-17(23)14-5-3-2-4-6-14/h7-10,14H,2-6,11H2,1H3,(H,19,23)(H,21,22)/b20-12+. The van der Waals surface area contributed by atoms with Gasteiger partial charge in [0, 0.05) is 10.4 Å². The van der Waals surface area contributed by atoms with Gasteiger partial charge in [-0.3, -0.25) is 9.59 Å². The zero-order chi connectivity index (χ0) is 16.7. The van der Waals surface area contributed by atoms with Crippen molar-refractivity contribution in [1.82, 2.24) is 10.7 Å². The van der Waals surface area contributed by atoms with Crippen LogP contribution in [0.1, 0.15) is 44.6 Å². The van der Waals surface area contributed by atoms with E-state index in [1.165, 1.54) is 6.42 Å². The second-order valence-electron chi connectivity index (χ2n) is 5.79. The lowest BCUT2D eigenvalue weighted by molar-refractivity contribution is -0.129. The lowest BCUT2D eigenvalue weighted by Crippen LogP contribution is -2.39. The molecule has 2 amide bonds. The minimum Gasteiger partial charge on any atom is -0.347 e. The zero-order valence-electron chi connectivity index (χ0n) is 13.3. The molecule has 0 radical (unpaired) electrons. The Bertz CT molecular complexity index is 578. The number of rotatable bonds is 5. The van der Waals surface area contributed by atoms with E-state index >= 15 is 0 Å². The maximum absolute atomic E-state index is 12.0. The van der Waals surface area contributed by atoms with E-state index in [2.05, 4.69) is 31.8 Å². The van der Waals surface area contributed by atoms with Gasteiger partial charge in [-0.05, 0) is 37.5 Å². The Kier molecular flexibility index (Phi) is 6.77. The Hall–Kier alpha value is -1.69. The van der Waals surface area contributed by atoms with Gasteiger partial charge in [-0.25, -0.2) is 5.43 Å². The molecule has 1 aliphatic rings. The van der Waals surface area contributed by atoms with E-state index in [0.717, 1.165) is 35.7 Å². The molecule has 2 N–H and O–H groups in total. The Morgan fingerprint density at radius 3 is 2.48 bits per heavy atom. The first kappa shape index (κ1) is 17.7. The van der Waals surface area contributed by atoms with Crippen molar-refractivity contribution in [1.29, 1.82) is 0 Å². The number of benzene rings is 1. The fourth-order valence-corrected chi connectivity index (χ4v) is 2.88. The summed E-state index contributed by atoms with van der Waals surface area (Å²) in [5.41, 5.74) is 4.12. The number of nitrogens with one attached hydrogen (secondary N) is 2. The second kappa shape index (κ2) is 8.82. The third-order valence-corrected chi connectivity index (χ3v) is 4.54. The summed E-state index contributed by atoms with van der Waals surface area (Å²) in [6, 6.07) is 7.67.